The van der Waals surface area contributed by atoms with Crippen molar-refractivity contribution in [2.45, 2.75) is 4.90 Å². The van der Waals surface area contributed by atoms with Gasteiger partial charge >= 0.3 is 0 Å². The molecule has 0 radical (unpaired) electrons. The number of aromatic nitrogens is 1. The second-order valence-electron chi connectivity index (χ2n) is 7.88. The van der Waals surface area contributed by atoms with E-state index < -0.39 is 0 Å². The van der Waals surface area contributed by atoms with Gasteiger partial charge in [0.15, 0.2) is 5.78 Å². The van der Waals surface area contributed by atoms with E-state index in [9.17, 15) is 4.79 Å². The molecule has 1 aliphatic rings. The number of pyridine rings is 1. The lowest BCUT2D eigenvalue weighted by molar-refractivity contribution is 0.104. The van der Waals surface area contributed by atoms with Crippen LogP contribution in [0.15, 0.2) is 124 Å². The zero-order valence-corrected chi connectivity index (χ0v) is 20.9. The van der Waals surface area contributed by atoms with Crippen LogP contribution >= 0.6 is 27.7 Å². The molecular formula is C29H21BrN2OS. The topological polar surface area (TPSA) is 33.2 Å². The maximum absolute atomic E-state index is 12.7. The van der Waals surface area contributed by atoms with Gasteiger partial charge in [-0.2, -0.15) is 0 Å². The van der Waals surface area contributed by atoms with Gasteiger partial charge in [-0.15, -0.1) is 0 Å². The Morgan fingerprint density at radius 1 is 0.853 bits per heavy atom. The molecule has 0 fully saturated rings. The minimum absolute atomic E-state index is 0.0296. The van der Waals surface area contributed by atoms with Gasteiger partial charge in [-0.3, -0.25) is 9.78 Å². The lowest BCUT2D eigenvalue weighted by Crippen LogP contribution is -2.11. The normalized spacial score (nSPS) is 13.6. The van der Waals surface area contributed by atoms with E-state index in [0.717, 1.165) is 31.5 Å². The Labute approximate surface area is 211 Å². The molecule has 166 valence electrons. The fourth-order valence-electron chi connectivity index (χ4n) is 3.82. The van der Waals surface area contributed by atoms with E-state index in [1.807, 2.05) is 80.0 Å². The number of carbonyl (C=O) groups is 1. The number of hydrogen-bond donors (Lipinski definition) is 0. The van der Waals surface area contributed by atoms with E-state index >= 15 is 0 Å². The molecular weight excluding hydrogens is 504 g/mol. The third-order valence-corrected chi connectivity index (χ3v) is 7.29. The Kier molecular flexibility index (Phi) is 6.48. The van der Waals surface area contributed by atoms with Crippen LogP contribution in [0.4, 0.5) is 5.69 Å². The number of halogens is 1. The monoisotopic (exact) mass is 524 g/mol. The summed E-state index contributed by atoms with van der Waals surface area (Å²) in [4.78, 5) is 20.1. The van der Waals surface area contributed by atoms with Crippen molar-refractivity contribution in [1.29, 1.82) is 0 Å². The summed E-state index contributed by atoms with van der Waals surface area (Å²) in [6.07, 6.45) is 3.53. The van der Waals surface area contributed by atoms with Gasteiger partial charge < -0.3 is 4.90 Å². The van der Waals surface area contributed by atoms with Gasteiger partial charge in [-0.1, -0.05) is 88.4 Å². The van der Waals surface area contributed by atoms with Crippen LogP contribution in [0.2, 0.25) is 0 Å². The lowest BCUT2D eigenvalue weighted by Gasteiger charge is -2.13. The number of ketones is 1. The van der Waals surface area contributed by atoms with Crippen LogP contribution in [0.5, 0.6) is 0 Å². The summed E-state index contributed by atoms with van der Waals surface area (Å²) in [5.41, 5.74) is 2.89. The minimum atomic E-state index is 0.0296. The summed E-state index contributed by atoms with van der Waals surface area (Å²) in [5, 5.41) is 4.37. The van der Waals surface area contributed by atoms with E-state index in [4.69, 9.17) is 0 Å². The van der Waals surface area contributed by atoms with Crippen LogP contribution in [-0.4, -0.2) is 17.8 Å². The summed E-state index contributed by atoms with van der Waals surface area (Å²) >= 11 is 5.13. The molecule has 0 unspecified atom stereocenters. The summed E-state index contributed by atoms with van der Waals surface area (Å²) in [6, 6.07) is 32.2. The third kappa shape index (κ3) is 4.76. The molecule has 4 aromatic carbocycles. The van der Waals surface area contributed by atoms with E-state index in [1.165, 1.54) is 10.3 Å². The first kappa shape index (κ1) is 22.4. The Hall–Kier alpha value is -3.41. The van der Waals surface area contributed by atoms with Crippen molar-refractivity contribution in [1.82, 2.24) is 4.98 Å². The van der Waals surface area contributed by atoms with Gasteiger partial charge in [0.25, 0.3) is 0 Å². The molecule has 5 heteroatoms. The van der Waals surface area contributed by atoms with Crippen LogP contribution < -0.4 is 4.90 Å². The first-order valence-corrected chi connectivity index (χ1v) is 12.5. The fourth-order valence-corrected chi connectivity index (χ4v) is 5.23. The molecule has 0 aliphatic carbocycles. The van der Waals surface area contributed by atoms with E-state index in [0.29, 0.717) is 5.56 Å². The standard InChI is InChI=1S/C20H14BrNOS.C9H7N/c1-22-17-11-16(21)8-9-19(17)24-20(22)12-18(23)15-7-6-13-4-2-3-5-14(13)10-15;1-2-6-9-8(4-1)5-3-7-10-9/h2-12H,1H3;1-7H. The van der Waals surface area contributed by atoms with Gasteiger partial charge in [-0.05, 0) is 47.2 Å². The van der Waals surface area contributed by atoms with Crippen LogP contribution in [-0.2, 0) is 0 Å². The molecule has 0 bridgehead atoms. The molecule has 5 aromatic rings. The number of hydrogen-bond acceptors (Lipinski definition) is 4. The second-order valence-corrected chi connectivity index (χ2v) is 9.86. The van der Waals surface area contributed by atoms with E-state index in [-0.39, 0.29) is 5.78 Å². The van der Waals surface area contributed by atoms with Crippen molar-refractivity contribution in [2.75, 3.05) is 11.9 Å². The van der Waals surface area contributed by atoms with Gasteiger partial charge in [0.05, 0.1) is 16.2 Å². The number of rotatable bonds is 2. The highest BCUT2D eigenvalue weighted by molar-refractivity contribution is 9.10. The number of allylic oxidation sites excluding steroid dienone is 1. The van der Waals surface area contributed by atoms with Crippen molar-refractivity contribution in [3.63, 3.8) is 0 Å². The molecule has 0 spiro atoms. The number of fused-ring (bicyclic) bond motifs is 3. The predicted molar refractivity (Wildman–Crippen MR) is 147 cm³/mol. The molecule has 0 atom stereocenters. The Balaban J connectivity index is 0.000000200. The molecule has 0 saturated carbocycles. The van der Waals surface area contributed by atoms with Crippen LogP contribution in [0, 0.1) is 0 Å². The van der Waals surface area contributed by atoms with Crippen molar-refractivity contribution in [2.24, 2.45) is 0 Å². The third-order valence-electron chi connectivity index (χ3n) is 5.63. The molecule has 0 amide bonds. The highest BCUT2D eigenvalue weighted by Gasteiger charge is 2.23. The number of anilines is 1. The lowest BCUT2D eigenvalue weighted by atomic mass is 10.0. The molecule has 1 aliphatic heterocycles. The second kappa shape index (κ2) is 9.84. The number of thioether (sulfide) groups is 1. The average Bonchev–Trinajstić information content (AvgIpc) is 3.18. The molecule has 3 nitrogen and oxygen atoms in total. The summed E-state index contributed by atoms with van der Waals surface area (Å²) in [5.74, 6) is 0.0296. The number of nitrogens with zero attached hydrogens (tertiary/aromatic N) is 2. The largest absolute Gasteiger partial charge is 0.338 e. The first-order valence-electron chi connectivity index (χ1n) is 10.8. The molecule has 6 rings (SSSR count). The van der Waals surface area contributed by atoms with Gasteiger partial charge in [0.1, 0.15) is 0 Å². The molecule has 0 saturated heterocycles. The van der Waals surface area contributed by atoms with Gasteiger partial charge in [0.2, 0.25) is 0 Å². The molecule has 1 aromatic heterocycles. The quantitative estimate of drug-likeness (QED) is 0.172. The SMILES string of the molecule is CN1C(=CC(=O)c2ccc3ccccc3c2)Sc2ccc(Br)cc21.c1ccc2ncccc2c1. The minimum Gasteiger partial charge on any atom is -0.338 e. The van der Waals surface area contributed by atoms with Crippen molar-refractivity contribution in [3.05, 3.63) is 124 Å². The number of para-hydroxylation sites is 1. The van der Waals surface area contributed by atoms with Gasteiger partial charge in [-0.25, -0.2) is 0 Å². The van der Waals surface area contributed by atoms with Gasteiger partial charge in [0, 0.05) is 39.6 Å². The average molecular weight is 525 g/mol. The summed E-state index contributed by atoms with van der Waals surface area (Å²) < 4.78 is 1.04. The zero-order chi connectivity index (χ0) is 23.5. The molecule has 34 heavy (non-hydrogen) atoms. The van der Waals surface area contributed by atoms with Crippen molar-refractivity contribution < 1.29 is 4.79 Å². The number of carbonyl (C=O) groups excluding carboxylic acids is 1. The van der Waals surface area contributed by atoms with Crippen LogP contribution in [0.1, 0.15) is 10.4 Å². The maximum atomic E-state index is 12.7. The van der Waals surface area contributed by atoms with Crippen LogP contribution in [0.25, 0.3) is 21.7 Å². The number of benzene rings is 4. The molecule has 2 heterocycles. The highest BCUT2D eigenvalue weighted by Crippen LogP contribution is 2.46. The Morgan fingerprint density at radius 3 is 2.41 bits per heavy atom. The smallest absolute Gasteiger partial charge is 0.188 e. The van der Waals surface area contributed by atoms with Crippen molar-refractivity contribution >= 4 is 60.8 Å². The molecule has 0 N–H and O–H groups in total. The van der Waals surface area contributed by atoms with E-state index in [2.05, 4.69) is 56.1 Å². The van der Waals surface area contributed by atoms with Crippen LogP contribution in [0.3, 0.4) is 0 Å². The summed E-state index contributed by atoms with van der Waals surface area (Å²) in [6.45, 7) is 0. The summed E-state index contributed by atoms with van der Waals surface area (Å²) in [7, 11) is 1.99. The maximum Gasteiger partial charge on any atom is 0.188 e. The zero-order valence-electron chi connectivity index (χ0n) is 18.5. The Morgan fingerprint density at radius 2 is 1.59 bits per heavy atom. The van der Waals surface area contributed by atoms with E-state index in [1.54, 1.807) is 17.8 Å². The highest BCUT2D eigenvalue weighted by atomic mass is 79.9. The fraction of sp³-hybridized carbons (Fsp3) is 0.0345. The first-order chi connectivity index (χ1) is 16.6. The Bertz CT molecular complexity index is 1480. The predicted octanol–water partition coefficient (Wildman–Crippen LogP) is 8.10. The van der Waals surface area contributed by atoms with Crippen molar-refractivity contribution in [3.8, 4) is 0 Å².